The number of hydrogen-bond acceptors (Lipinski definition) is 5. The fourth-order valence-electron chi connectivity index (χ4n) is 2.82. The van der Waals surface area contributed by atoms with E-state index in [0.29, 0.717) is 17.0 Å². The van der Waals surface area contributed by atoms with E-state index in [2.05, 4.69) is 10.3 Å². The number of aryl methyl sites for hydroxylation is 1. The van der Waals surface area contributed by atoms with E-state index >= 15 is 0 Å². The van der Waals surface area contributed by atoms with Crippen molar-refractivity contribution in [3.8, 4) is 17.4 Å². The number of benzene rings is 2. The molecule has 7 nitrogen and oxygen atoms in total. The lowest BCUT2D eigenvalue weighted by atomic mass is 10.1. The Balaban J connectivity index is 1.94. The maximum absolute atomic E-state index is 12.9. The number of halogens is 3. The van der Waals surface area contributed by atoms with Gasteiger partial charge in [0.15, 0.2) is 5.75 Å². The van der Waals surface area contributed by atoms with Gasteiger partial charge in [0, 0.05) is 12.6 Å². The molecule has 1 aromatic heterocycles. The van der Waals surface area contributed by atoms with Crippen LogP contribution in [0.15, 0.2) is 52.4 Å². The average Bonchev–Trinajstić information content (AvgIpc) is 3.00. The van der Waals surface area contributed by atoms with Crippen LogP contribution >= 0.6 is 0 Å². The molecule has 0 fully saturated rings. The smallest absolute Gasteiger partial charge is 0.416 e. The highest BCUT2D eigenvalue weighted by Gasteiger charge is 2.30. The Morgan fingerprint density at radius 2 is 1.87 bits per heavy atom. The molecule has 30 heavy (non-hydrogen) atoms. The van der Waals surface area contributed by atoms with Crippen LogP contribution in [0.2, 0.25) is 0 Å². The summed E-state index contributed by atoms with van der Waals surface area (Å²) < 4.78 is 46.3. The van der Waals surface area contributed by atoms with Crippen molar-refractivity contribution in [2.45, 2.75) is 20.0 Å². The van der Waals surface area contributed by atoms with Gasteiger partial charge < -0.3 is 9.57 Å². The molecular weight excluding hydrogens is 401 g/mol. The van der Waals surface area contributed by atoms with Crippen molar-refractivity contribution in [1.82, 2.24) is 14.3 Å². The van der Waals surface area contributed by atoms with Gasteiger partial charge in [-0.2, -0.15) is 13.2 Å². The van der Waals surface area contributed by atoms with Crippen LogP contribution < -0.4 is 15.3 Å². The summed E-state index contributed by atoms with van der Waals surface area (Å²) >= 11 is 0. The second kappa shape index (κ2) is 8.05. The number of ether oxygens (including phenoxy) is 1. The second-order valence-electron chi connectivity index (χ2n) is 6.48. The van der Waals surface area contributed by atoms with E-state index in [-0.39, 0.29) is 17.3 Å². The molecule has 0 aliphatic heterocycles. The quantitative estimate of drug-likeness (QED) is 0.466. The summed E-state index contributed by atoms with van der Waals surface area (Å²) in [5.74, 6) is 0.330. The number of alkyl halides is 3. The SMILES string of the molecule is COc1nn(C)c(=O)n1-c1cccc(ON=C(C)c2cccc(C(F)(F)F)c2)c1C. The maximum Gasteiger partial charge on any atom is 0.416 e. The van der Waals surface area contributed by atoms with Crippen LogP contribution in [-0.2, 0) is 13.2 Å². The standard InChI is InChI=1S/C20H19F3N4O3/c1-12-16(27-18(29-4)24-26(3)19(27)28)9-6-10-17(12)30-25-13(2)14-7-5-8-15(11-14)20(21,22)23/h5-11H,1-4H3. The average molecular weight is 420 g/mol. The first-order chi connectivity index (χ1) is 14.1. The summed E-state index contributed by atoms with van der Waals surface area (Å²) in [5, 5.41) is 7.97. The Morgan fingerprint density at radius 3 is 2.53 bits per heavy atom. The van der Waals surface area contributed by atoms with E-state index in [1.807, 2.05) is 0 Å². The van der Waals surface area contributed by atoms with E-state index in [4.69, 9.17) is 9.57 Å². The third-order valence-electron chi connectivity index (χ3n) is 4.46. The van der Waals surface area contributed by atoms with Crippen LogP contribution in [0.5, 0.6) is 11.8 Å². The molecule has 0 saturated heterocycles. The van der Waals surface area contributed by atoms with Gasteiger partial charge in [0.2, 0.25) is 0 Å². The first-order valence-corrected chi connectivity index (χ1v) is 8.82. The maximum atomic E-state index is 12.9. The molecule has 0 unspecified atom stereocenters. The van der Waals surface area contributed by atoms with Crippen molar-refractivity contribution in [1.29, 1.82) is 0 Å². The van der Waals surface area contributed by atoms with Gasteiger partial charge in [-0.05, 0) is 43.7 Å². The van der Waals surface area contributed by atoms with E-state index in [9.17, 15) is 18.0 Å². The van der Waals surface area contributed by atoms with E-state index in [1.54, 1.807) is 32.0 Å². The van der Waals surface area contributed by atoms with Crippen molar-refractivity contribution in [2.24, 2.45) is 12.2 Å². The Hall–Kier alpha value is -3.56. The molecule has 0 spiro atoms. The van der Waals surface area contributed by atoms with Crippen LogP contribution in [0.1, 0.15) is 23.6 Å². The molecule has 0 saturated carbocycles. The fraction of sp³-hybridized carbons (Fsp3) is 0.250. The van der Waals surface area contributed by atoms with E-state index in [0.717, 1.165) is 16.8 Å². The minimum absolute atomic E-state index is 0.103. The van der Waals surface area contributed by atoms with Crippen molar-refractivity contribution >= 4 is 5.71 Å². The fourth-order valence-corrected chi connectivity index (χ4v) is 2.82. The number of hydrogen-bond donors (Lipinski definition) is 0. The molecular formula is C20H19F3N4O3. The van der Waals surface area contributed by atoms with Crippen molar-refractivity contribution in [3.05, 3.63) is 69.6 Å². The third kappa shape index (κ3) is 4.07. The van der Waals surface area contributed by atoms with Crippen LogP contribution in [-0.4, -0.2) is 27.2 Å². The molecule has 0 aliphatic carbocycles. The van der Waals surface area contributed by atoms with Gasteiger partial charge in [-0.15, -0.1) is 5.10 Å². The molecule has 10 heteroatoms. The van der Waals surface area contributed by atoms with Gasteiger partial charge in [0.25, 0.3) is 0 Å². The van der Waals surface area contributed by atoms with Gasteiger partial charge in [0.1, 0.15) is 0 Å². The summed E-state index contributed by atoms with van der Waals surface area (Å²) in [6.07, 6.45) is -4.45. The molecule has 3 rings (SSSR count). The predicted octanol–water partition coefficient (Wildman–Crippen LogP) is 3.71. The number of aromatic nitrogens is 3. The highest BCUT2D eigenvalue weighted by molar-refractivity contribution is 5.98. The van der Waals surface area contributed by atoms with E-state index < -0.39 is 17.4 Å². The van der Waals surface area contributed by atoms with Crippen LogP contribution in [0, 0.1) is 6.92 Å². The summed E-state index contributed by atoms with van der Waals surface area (Å²) in [6.45, 7) is 3.27. The zero-order valence-corrected chi connectivity index (χ0v) is 16.7. The first-order valence-electron chi connectivity index (χ1n) is 8.82. The van der Waals surface area contributed by atoms with E-state index in [1.165, 1.54) is 30.9 Å². The normalized spacial score (nSPS) is 12.2. The molecule has 0 amide bonds. The summed E-state index contributed by atoms with van der Waals surface area (Å²) in [6, 6.07) is 9.91. The molecule has 0 N–H and O–H groups in total. The Morgan fingerprint density at radius 1 is 1.17 bits per heavy atom. The number of rotatable bonds is 5. The lowest BCUT2D eigenvalue weighted by Crippen LogP contribution is -2.22. The summed E-state index contributed by atoms with van der Waals surface area (Å²) in [5.41, 5.74) is 0.429. The molecule has 2 aromatic carbocycles. The minimum Gasteiger partial charge on any atom is -0.467 e. The lowest BCUT2D eigenvalue weighted by molar-refractivity contribution is -0.137. The molecule has 0 radical (unpaired) electrons. The first kappa shape index (κ1) is 21.2. The topological polar surface area (TPSA) is 70.6 Å². The number of oxime groups is 1. The van der Waals surface area contributed by atoms with Gasteiger partial charge in [-0.25, -0.2) is 14.0 Å². The monoisotopic (exact) mass is 420 g/mol. The van der Waals surface area contributed by atoms with Gasteiger partial charge in [-0.1, -0.05) is 23.4 Å². The van der Waals surface area contributed by atoms with Crippen LogP contribution in [0.3, 0.4) is 0 Å². The van der Waals surface area contributed by atoms with Crippen molar-refractivity contribution in [3.63, 3.8) is 0 Å². The number of methoxy groups -OCH3 is 1. The highest BCUT2D eigenvalue weighted by atomic mass is 19.4. The molecule has 0 aliphatic rings. The van der Waals surface area contributed by atoms with Gasteiger partial charge in [-0.3, -0.25) is 0 Å². The highest BCUT2D eigenvalue weighted by Crippen LogP contribution is 2.30. The molecule has 3 aromatic rings. The lowest BCUT2D eigenvalue weighted by Gasteiger charge is -2.11. The second-order valence-corrected chi connectivity index (χ2v) is 6.48. The zero-order valence-electron chi connectivity index (χ0n) is 16.7. The molecule has 0 atom stereocenters. The van der Waals surface area contributed by atoms with Gasteiger partial charge >= 0.3 is 17.9 Å². The Bertz CT molecular complexity index is 1160. The Kier molecular flexibility index (Phi) is 5.68. The summed E-state index contributed by atoms with van der Waals surface area (Å²) in [4.78, 5) is 17.9. The molecule has 1 heterocycles. The molecule has 0 bridgehead atoms. The zero-order chi connectivity index (χ0) is 22.1. The van der Waals surface area contributed by atoms with Crippen molar-refractivity contribution < 1.29 is 22.7 Å². The van der Waals surface area contributed by atoms with Gasteiger partial charge in [0.05, 0.1) is 24.1 Å². The predicted molar refractivity (Wildman–Crippen MR) is 104 cm³/mol. The summed E-state index contributed by atoms with van der Waals surface area (Å²) in [7, 11) is 2.90. The molecule has 158 valence electrons. The Labute approximate surface area is 170 Å². The number of nitrogens with zero attached hydrogens (tertiary/aromatic N) is 4. The van der Waals surface area contributed by atoms with Crippen LogP contribution in [0.4, 0.5) is 13.2 Å². The minimum atomic E-state index is -4.45. The largest absolute Gasteiger partial charge is 0.467 e. The third-order valence-corrected chi connectivity index (χ3v) is 4.46. The van der Waals surface area contributed by atoms with Crippen molar-refractivity contribution in [2.75, 3.05) is 7.11 Å². The van der Waals surface area contributed by atoms with Crippen LogP contribution in [0.25, 0.3) is 5.69 Å².